The normalized spacial score (nSPS) is 20.3. The van der Waals surface area contributed by atoms with E-state index in [2.05, 4.69) is 5.32 Å². The average molecular weight is 788 g/mol. The summed E-state index contributed by atoms with van der Waals surface area (Å²) in [4.78, 5) is 74.4. The third-order valence-electron chi connectivity index (χ3n) is 8.99. The molecule has 0 saturated carbocycles. The maximum atomic E-state index is 13.3. The summed E-state index contributed by atoms with van der Waals surface area (Å²) in [5, 5.41) is 2.63. The Bertz CT molecular complexity index is 1880. The van der Waals surface area contributed by atoms with Crippen LogP contribution in [0.5, 0.6) is 0 Å². The number of hydrogen-bond acceptors (Lipinski definition) is 14. The highest BCUT2D eigenvalue weighted by Gasteiger charge is 2.52. The first-order chi connectivity index (χ1) is 27.4. The maximum Gasteiger partial charge on any atom is 0.407 e. The van der Waals surface area contributed by atoms with Gasteiger partial charge in [0.2, 0.25) is 0 Å². The fraction of sp³-hybridized carbons (Fsp3) is 0.381. The van der Waals surface area contributed by atoms with E-state index in [1.54, 1.807) is 18.2 Å². The molecule has 0 radical (unpaired) electrons. The minimum Gasteiger partial charge on any atom is -0.463 e. The predicted octanol–water partition coefficient (Wildman–Crippen LogP) is 4.68. The molecule has 0 bridgehead atoms. The number of benzene rings is 3. The molecule has 15 nitrogen and oxygen atoms in total. The van der Waals surface area contributed by atoms with Gasteiger partial charge in [0.1, 0.15) is 32.0 Å². The summed E-state index contributed by atoms with van der Waals surface area (Å²) in [6.07, 6.45) is -4.52. The number of rotatable bonds is 16. The number of amides is 1. The van der Waals surface area contributed by atoms with E-state index >= 15 is 0 Å². The van der Waals surface area contributed by atoms with Crippen LogP contribution in [0.1, 0.15) is 56.7 Å². The lowest BCUT2D eigenvalue weighted by Crippen LogP contribution is -2.62. The zero-order chi connectivity index (χ0) is 40.9. The molecule has 302 valence electrons. The van der Waals surface area contributed by atoms with Crippen LogP contribution in [0.4, 0.5) is 4.79 Å². The summed E-state index contributed by atoms with van der Waals surface area (Å²) in [5.74, 6) is -3.88. The van der Waals surface area contributed by atoms with Crippen molar-refractivity contribution in [3.05, 3.63) is 108 Å². The van der Waals surface area contributed by atoms with E-state index in [0.717, 1.165) is 48.6 Å². The number of ether oxygens (including phenoxy) is 8. The highest BCUT2D eigenvalue weighted by molar-refractivity contribution is 5.82. The molecule has 15 heteroatoms. The molecule has 57 heavy (non-hydrogen) atoms. The summed E-state index contributed by atoms with van der Waals surface area (Å²) in [5.41, 5.74) is 4.95. The standard InChI is InChI=1S/C42H45NO14/c1-25(44)51-24-36-37(54-26(2)45)38(55-27(3)46)39(56-28(4)47)41(57-36)50-21-13-12-20-35(40(48)52-22-29-14-6-5-7-15-29)43-42(49)53-23-34-32-18-10-8-16-30(32)31-17-9-11-19-33(31)34/h5-19,34-39,41H,20-24H2,1-4H3,(H,43,49)/b13-12+/t35-,36?,37-,38-,39?,41-/m0/s1. The van der Waals surface area contributed by atoms with E-state index in [0.29, 0.717) is 0 Å². The fourth-order valence-electron chi connectivity index (χ4n) is 6.60. The van der Waals surface area contributed by atoms with E-state index in [9.17, 15) is 28.8 Å². The van der Waals surface area contributed by atoms with Crippen molar-refractivity contribution in [3.8, 4) is 11.1 Å². The van der Waals surface area contributed by atoms with Gasteiger partial charge in [0, 0.05) is 33.6 Å². The summed E-state index contributed by atoms with van der Waals surface area (Å²) in [7, 11) is 0. The van der Waals surface area contributed by atoms with Crippen LogP contribution in [-0.4, -0.2) is 92.5 Å². The molecule has 1 N–H and O–H groups in total. The Hall–Kier alpha value is -6.06. The van der Waals surface area contributed by atoms with Crippen molar-refractivity contribution in [2.75, 3.05) is 19.8 Å². The molecule has 1 aliphatic heterocycles. The van der Waals surface area contributed by atoms with Gasteiger partial charge in [0.05, 0.1) is 6.61 Å². The van der Waals surface area contributed by atoms with Crippen LogP contribution in [0.2, 0.25) is 0 Å². The van der Waals surface area contributed by atoms with Crippen LogP contribution in [0.25, 0.3) is 11.1 Å². The molecule has 5 rings (SSSR count). The Morgan fingerprint density at radius 1 is 0.649 bits per heavy atom. The van der Waals surface area contributed by atoms with Gasteiger partial charge in [-0.25, -0.2) is 9.59 Å². The lowest BCUT2D eigenvalue weighted by molar-refractivity contribution is -0.305. The zero-order valence-electron chi connectivity index (χ0n) is 32.0. The highest BCUT2D eigenvalue weighted by Crippen LogP contribution is 2.44. The molecule has 1 saturated heterocycles. The van der Waals surface area contributed by atoms with Gasteiger partial charge in [-0.1, -0.05) is 91.0 Å². The van der Waals surface area contributed by atoms with Gasteiger partial charge in [-0.2, -0.15) is 0 Å². The molecule has 1 heterocycles. The number of fused-ring (bicyclic) bond motifs is 3. The van der Waals surface area contributed by atoms with Crippen molar-refractivity contribution in [1.82, 2.24) is 5.32 Å². The van der Waals surface area contributed by atoms with Crippen LogP contribution < -0.4 is 5.32 Å². The zero-order valence-corrected chi connectivity index (χ0v) is 32.0. The molecule has 6 atom stereocenters. The number of nitrogens with one attached hydrogen (secondary N) is 1. The summed E-state index contributed by atoms with van der Waals surface area (Å²) in [6, 6.07) is 23.7. The predicted molar refractivity (Wildman–Crippen MR) is 200 cm³/mol. The van der Waals surface area contributed by atoms with Crippen LogP contribution in [-0.2, 0) is 68.5 Å². The van der Waals surface area contributed by atoms with Gasteiger partial charge in [0.15, 0.2) is 24.6 Å². The molecule has 1 fully saturated rings. The number of hydrogen-bond donors (Lipinski definition) is 1. The number of carbonyl (C=O) groups is 6. The minimum atomic E-state index is -1.41. The highest BCUT2D eigenvalue weighted by atomic mass is 16.7. The second kappa shape index (κ2) is 20.2. The first kappa shape index (κ1) is 42.1. The summed E-state index contributed by atoms with van der Waals surface area (Å²) < 4.78 is 44.4. The first-order valence-corrected chi connectivity index (χ1v) is 18.3. The van der Waals surface area contributed by atoms with Gasteiger partial charge >= 0.3 is 35.9 Å². The van der Waals surface area contributed by atoms with Crippen LogP contribution in [0, 0.1) is 0 Å². The van der Waals surface area contributed by atoms with Crippen LogP contribution in [0.3, 0.4) is 0 Å². The minimum absolute atomic E-state index is 0.0295. The quantitative estimate of drug-likeness (QED) is 0.120. The number of alkyl carbamates (subject to hydrolysis) is 1. The monoisotopic (exact) mass is 787 g/mol. The average Bonchev–Trinajstić information content (AvgIpc) is 3.50. The third-order valence-corrected chi connectivity index (χ3v) is 8.99. The Kier molecular flexibility index (Phi) is 14.9. The van der Waals surface area contributed by atoms with Gasteiger partial charge < -0.3 is 43.2 Å². The molecular weight excluding hydrogens is 742 g/mol. The van der Waals surface area contributed by atoms with E-state index in [1.807, 2.05) is 66.7 Å². The van der Waals surface area contributed by atoms with Gasteiger partial charge in [-0.3, -0.25) is 19.2 Å². The lowest BCUT2D eigenvalue weighted by Gasteiger charge is -2.43. The summed E-state index contributed by atoms with van der Waals surface area (Å²) in [6.45, 7) is 3.91. The Labute approximate surface area is 329 Å². The second-order valence-electron chi connectivity index (χ2n) is 13.2. The van der Waals surface area contributed by atoms with Crippen molar-refractivity contribution in [3.63, 3.8) is 0 Å². The largest absolute Gasteiger partial charge is 0.463 e. The number of carbonyl (C=O) groups excluding carboxylic acids is 6. The van der Waals surface area contributed by atoms with E-state index in [1.165, 1.54) is 13.0 Å². The Balaban J connectivity index is 1.26. The lowest BCUT2D eigenvalue weighted by atomic mass is 9.98. The van der Waals surface area contributed by atoms with Crippen molar-refractivity contribution in [1.29, 1.82) is 0 Å². The smallest absolute Gasteiger partial charge is 0.407 e. The van der Waals surface area contributed by atoms with Gasteiger partial charge in [-0.15, -0.1) is 0 Å². The van der Waals surface area contributed by atoms with E-state index in [4.69, 9.17) is 37.9 Å². The molecule has 1 amide bonds. The third kappa shape index (κ3) is 11.7. The molecule has 2 unspecified atom stereocenters. The van der Waals surface area contributed by atoms with Crippen molar-refractivity contribution in [2.45, 2.75) is 83.4 Å². The molecule has 0 spiro atoms. The van der Waals surface area contributed by atoms with Gasteiger partial charge in [-0.05, 0) is 34.2 Å². The maximum absolute atomic E-state index is 13.3. The van der Waals surface area contributed by atoms with Crippen LogP contribution >= 0.6 is 0 Å². The molecular formula is C42H45NO14. The molecule has 3 aromatic carbocycles. The van der Waals surface area contributed by atoms with Crippen molar-refractivity contribution < 1.29 is 66.7 Å². The topological polar surface area (TPSA) is 188 Å². The van der Waals surface area contributed by atoms with Crippen LogP contribution in [0.15, 0.2) is 91.0 Å². The number of esters is 5. The Morgan fingerprint density at radius 3 is 1.84 bits per heavy atom. The molecule has 1 aliphatic carbocycles. The van der Waals surface area contributed by atoms with Crippen molar-refractivity contribution >= 4 is 35.9 Å². The Morgan fingerprint density at radius 2 is 1.23 bits per heavy atom. The molecule has 3 aromatic rings. The molecule has 2 aliphatic rings. The molecule has 0 aromatic heterocycles. The SMILES string of the molecule is CC(=O)OCC1O[C@H](OC/C=C/C[C@H](NC(=O)OCC2c3ccccc3-c3ccccc32)C(=O)OCc2ccccc2)C(OC(C)=O)[C@@H](OC(C)=O)[C@H]1OC(C)=O. The summed E-state index contributed by atoms with van der Waals surface area (Å²) >= 11 is 0. The van der Waals surface area contributed by atoms with Crippen molar-refractivity contribution in [2.24, 2.45) is 0 Å². The fourth-order valence-corrected chi connectivity index (χ4v) is 6.60. The van der Waals surface area contributed by atoms with E-state index < -0.39 is 79.3 Å². The van der Waals surface area contributed by atoms with E-state index in [-0.39, 0.29) is 32.2 Å². The second-order valence-corrected chi connectivity index (χ2v) is 13.2. The van der Waals surface area contributed by atoms with Gasteiger partial charge in [0.25, 0.3) is 0 Å². The first-order valence-electron chi connectivity index (χ1n) is 18.3.